The van der Waals surface area contributed by atoms with Crippen LogP contribution in [0, 0.1) is 24.0 Å². The van der Waals surface area contributed by atoms with Crippen molar-refractivity contribution in [2.45, 2.75) is 84.9 Å². The Kier molecular flexibility index (Phi) is 13.2. The van der Waals surface area contributed by atoms with Crippen LogP contribution in [0.1, 0.15) is 69.9 Å². The Balaban J connectivity index is 0.000000187. The normalized spacial score (nSPS) is 14.1. The van der Waals surface area contributed by atoms with Crippen molar-refractivity contribution in [1.29, 1.82) is 0 Å². The number of aromatic nitrogens is 2. The van der Waals surface area contributed by atoms with Crippen molar-refractivity contribution in [2.75, 3.05) is 0 Å². The number of fused-ring (bicyclic) bond motifs is 3. The molecule has 0 spiro atoms. The van der Waals surface area contributed by atoms with E-state index in [0.29, 0.717) is 11.8 Å². The van der Waals surface area contributed by atoms with Crippen molar-refractivity contribution in [3.8, 4) is 33.6 Å². The van der Waals surface area contributed by atoms with E-state index in [0.717, 1.165) is 28.4 Å². The van der Waals surface area contributed by atoms with Crippen LogP contribution in [0.5, 0.6) is 0 Å². The Morgan fingerprint density at radius 3 is 2.22 bits per heavy atom. The molecule has 1 radical (unpaired) electrons. The van der Waals surface area contributed by atoms with Crippen LogP contribution in [-0.4, -0.2) is 18.0 Å². The standard InChI is InChI=1S/C28H24NS.C21H28NSi.Ir/c1-18(2)19(3)21-15-16-29-26(17-21)25-14-8-13-24-23-12-7-11-22(27(23)30-28(24)25)20-9-5-4-6-10-20;1-23(2,3)21-16-22-20(18-12-8-5-9-13-18)15-19(21)14-17-10-6-4-7-11-17;/h4-13,15-19H,1-3H3;5,8-9,12,15-17H,4,6-7,10-11,14H2,1-3H3;/q2*-1;. The molecule has 4 aromatic carbocycles. The van der Waals surface area contributed by atoms with Gasteiger partial charge >= 0.3 is 0 Å². The minimum atomic E-state index is -1.36. The Hall–Kier alpha value is -3.73. The zero-order valence-electron chi connectivity index (χ0n) is 32.6. The van der Waals surface area contributed by atoms with Gasteiger partial charge in [-0.3, -0.25) is 0 Å². The van der Waals surface area contributed by atoms with Gasteiger partial charge in [-0.05, 0) is 68.0 Å². The van der Waals surface area contributed by atoms with E-state index in [2.05, 4.69) is 144 Å². The van der Waals surface area contributed by atoms with Crippen molar-refractivity contribution in [2.24, 2.45) is 11.8 Å². The van der Waals surface area contributed by atoms with Crippen LogP contribution in [0.2, 0.25) is 19.6 Å². The van der Waals surface area contributed by atoms with Crippen LogP contribution in [0.3, 0.4) is 0 Å². The third-order valence-corrected chi connectivity index (χ3v) is 14.5. The molecule has 7 aromatic rings. The number of benzene rings is 4. The average Bonchev–Trinajstić information content (AvgIpc) is 3.58. The van der Waals surface area contributed by atoms with E-state index < -0.39 is 8.07 Å². The van der Waals surface area contributed by atoms with Gasteiger partial charge in [0.05, 0.1) is 8.07 Å². The third kappa shape index (κ3) is 9.03. The number of rotatable bonds is 8. The molecule has 54 heavy (non-hydrogen) atoms. The van der Waals surface area contributed by atoms with E-state index in [4.69, 9.17) is 9.97 Å². The molecule has 0 bridgehead atoms. The second-order valence-electron chi connectivity index (χ2n) is 16.2. The smallest absolute Gasteiger partial charge is 0.0798 e. The summed E-state index contributed by atoms with van der Waals surface area (Å²) >= 11 is 1.85. The second kappa shape index (κ2) is 17.8. The van der Waals surface area contributed by atoms with E-state index >= 15 is 0 Å². The molecule has 1 atom stereocenters. The molecule has 1 saturated carbocycles. The first-order valence-electron chi connectivity index (χ1n) is 19.5. The summed E-state index contributed by atoms with van der Waals surface area (Å²) in [6.45, 7) is 14.1. The average molecular weight is 921 g/mol. The molecule has 8 rings (SSSR count). The number of hydrogen-bond acceptors (Lipinski definition) is 3. The van der Waals surface area contributed by atoms with Gasteiger partial charge in [-0.15, -0.1) is 59.7 Å². The molecule has 279 valence electrons. The molecular formula is C49H52IrN2SSi-2. The van der Waals surface area contributed by atoms with Crippen molar-refractivity contribution < 1.29 is 20.1 Å². The molecule has 1 fully saturated rings. The molecule has 1 aliphatic rings. The van der Waals surface area contributed by atoms with Gasteiger partial charge in [0.25, 0.3) is 0 Å². The maximum atomic E-state index is 4.77. The second-order valence-corrected chi connectivity index (χ2v) is 22.3. The summed E-state index contributed by atoms with van der Waals surface area (Å²) in [6, 6.07) is 43.2. The summed E-state index contributed by atoms with van der Waals surface area (Å²) in [7, 11) is -1.36. The summed E-state index contributed by atoms with van der Waals surface area (Å²) in [5.74, 6) is 1.96. The summed E-state index contributed by atoms with van der Waals surface area (Å²) in [6.07, 6.45) is 12.4. The number of hydrogen-bond donors (Lipinski definition) is 0. The van der Waals surface area contributed by atoms with Crippen LogP contribution >= 0.6 is 11.3 Å². The van der Waals surface area contributed by atoms with Crippen molar-refractivity contribution in [1.82, 2.24) is 9.97 Å². The van der Waals surface area contributed by atoms with Gasteiger partial charge in [0, 0.05) is 37.2 Å². The van der Waals surface area contributed by atoms with E-state index in [-0.39, 0.29) is 20.1 Å². The number of pyridine rings is 2. The number of nitrogens with zero attached hydrogens (tertiary/aromatic N) is 2. The van der Waals surface area contributed by atoms with Crippen LogP contribution in [0.15, 0.2) is 116 Å². The number of thiophene rings is 1. The van der Waals surface area contributed by atoms with E-state index in [1.165, 1.54) is 75.4 Å². The molecule has 0 saturated heterocycles. The first-order chi connectivity index (χ1) is 25.7. The summed E-state index contributed by atoms with van der Waals surface area (Å²) < 4.78 is 2.59. The van der Waals surface area contributed by atoms with Gasteiger partial charge in [0.15, 0.2) is 0 Å². The predicted molar refractivity (Wildman–Crippen MR) is 232 cm³/mol. The predicted octanol–water partition coefficient (Wildman–Crippen LogP) is 13.6. The molecule has 5 heteroatoms. The Morgan fingerprint density at radius 2 is 1.50 bits per heavy atom. The molecule has 3 heterocycles. The molecule has 0 aliphatic heterocycles. The van der Waals surface area contributed by atoms with Gasteiger partial charge in [-0.2, -0.15) is 11.3 Å². The van der Waals surface area contributed by atoms with Gasteiger partial charge in [0.1, 0.15) is 0 Å². The topological polar surface area (TPSA) is 25.8 Å². The van der Waals surface area contributed by atoms with E-state index in [1.54, 1.807) is 10.8 Å². The first kappa shape index (κ1) is 39.9. The SMILES string of the molecule is CC(C)C(C)c1ccnc(-c2[c-]ccc3c2sc2c(-c4ccccc4)cccc23)c1.C[Si](C)(C)c1cnc(-c2[c-]cccc2)cc1CC1CCCCC1.[Ir]. The van der Waals surface area contributed by atoms with Gasteiger partial charge in [-0.1, -0.05) is 150 Å². The van der Waals surface area contributed by atoms with Crippen LogP contribution in [0.25, 0.3) is 53.8 Å². The molecule has 0 N–H and O–H groups in total. The summed E-state index contributed by atoms with van der Waals surface area (Å²) in [5.41, 5.74) is 9.74. The van der Waals surface area contributed by atoms with Gasteiger partial charge in [-0.25, -0.2) is 0 Å². The maximum Gasteiger partial charge on any atom is 0.0798 e. The Labute approximate surface area is 341 Å². The molecule has 0 amide bonds. The maximum absolute atomic E-state index is 4.77. The Bertz CT molecular complexity index is 2290. The fourth-order valence-electron chi connectivity index (χ4n) is 7.79. The fraction of sp³-hybridized carbons (Fsp3) is 0.306. The zero-order chi connectivity index (χ0) is 37.0. The molecular weight excluding hydrogens is 869 g/mol. The molecule has 1 unspecified atom stereocenters. The summed E-state index contributed by atoms with van der Waals surface area (Å²) in [5, 5.41) is 4.13. The first-order valence-corrected chi connectivity index (χ1v) is 23.8. The van der Waals surface area contributed by atoms with Crippen LogP contribution < -0.4 is 5.19 Å². The Morgan fingerprint density at radius 1 is 0.741 bits per heavy atom. The summed E-state index contributed by atoms with van der Waals surface area (Å²) in [4.78, 5) is 9.50. The van der Waals surface area contributed by atoms with E-state index in [9.17, 15) is 0 Å². The van der Waals surface area contributed by atoms with Crippen LogP contribution in [-0.2, 0) is 26.5 Å². The van der Waals surface area contributed by atoms with E-state index in [1.807, 2.05) is 35.7 Å². The minimum absolute atomic E-state index is 0. The molecule has 3 aromatic heterocycles. The van der Waals surface area contributed by atoms with Crippen LogP contribution in [0.4, 0.5) is 0 Å². The molecule has 1 aliphatic carbocycles. The third-order valence-electron chi connectivity index (χ3n) is 11.1. The quantitative estimate of drug-likeness (QED) is 0.112. The molecule has 2 nitrogen and oxygen atoms in total. The van der Waals surface area contributed by atoms with Gasteiger partial charge in [0.2, 0.25) is 0 Å². The minimum Gasteiger partial charge on any atom is -0.305 e. The largest absolute Gasteiger partial charge is 0.305 e. The van der Waals surface area contributed by atoms with Gasteiger partial charge < -0.3 is 9.97 Å². The monoisotopic (exact) mass is 921 g/mol. The van der Waals surface area contributed by atoms with Crippen molar-refractivity contribution in [3.05, 3.63) is 139 Å². The van der Waals surface area contributed by atoms with Crippen molar-refractivity contribution in [3.63, 3.8) is 0 Å². The van der Waals surface area contributed by atoms with Crippen molar-refractivity contribution >= 4 is 44.8 Å². The fourth-order valence-corrected chi connectivity index (χ4v) is 10.7. The zero-order valence-corrected chi connectivity index (χ0v) is 36.8.